The number of carbonyl (C=O) groups is 2. The van der Waals surface area contributed by atoms with Gasteiger partial charge in [-0.15, -0.1) is 0 Å². The molecule has 0 saturated carbocycles. The van der Waals surface area contributed by atoms with Gasteiger partial charge in [-0.3, -0.25) is 19.7 Å². The molecule has 2 amide bonds. The molecule has 2 N–H and O–H groups in total. The summed E-state index contributed by atoms with van der Waals surface area (Å²) in [6.07, 6.45) is 1.04. The molecule has 10 heteroatoms. The van der Waals surface area contributed by atoms with Crippen LogP contribution >= 0.6 is 11.6 Å². The van der Waals surface area contributed by atoms with Gasteiger partial charge in [-0.2, -0.15) is 5.10 Å². The van der Waals surface area contributed by atoms with Crippen LogP contribution in [0.3, 0.4) is 0 Å². The van der Waals surface area contributed by atoms with E-state index in [1.807, 2.05) is 0 Å². The fourth-order valence-electron chi connectivity index (χ4n) is 2.05. The van der Waals surface area contributed by atoms with E-state index in [0.717, 1.165) is 12.3 Å². The maximum atomic E-state index is 13.5. The molecule has 0 atom stereocenters. The van der Waals surface area contributed by atoms with Crippen LogP contribution in [0.5, 0.6) is 0 Å². The molecular formula is C17H14ClFN4O4. The van der Waals surface area contributed by atoms with E-state index in [9.17, 15) is 24.1 Å². The predicted molar refractivity (Wildman–Crippen MR) is 97.3 cm³/mol. The molecule has 8 nitrogen and oxygen atoms in total. The second kappa shape index (κ2) is 8.86. The summed E-state index contributed by atoms with van der Waals surface area (Å²) in [4.78, 5) is 34.0. The maximum Gasteiger partial charge on any atom is 0.273 e. The van der Waals surface area contributed by atoms with Crippen LogP contribution in [0.15, 0.2) is 41.5 Å². The lowest BCUT2D eigenvalue weighted by Gasteiger charge is -2.05. The minimum atomic E-state index is -0.673. The van der Waals surface area contributed by atoms with Crippen LogP contribution in [0, 0.1) is 22.9 Å². The Morgan fingerprint density at radius 3 is 2.74 bits per heavy atom. The molecule has 140 valence electrons. The highest BCUT2D eigenvalue weighted by Crippen LogP contribution is 2.19. The normalized spacial score (nSPS) is 10.6. The number of hydrogen-bond donors (Lipinski definition) is 2. The van der Waals surface area contributed by atoms with Crippen molar-refractivity contribution >= 4 is 35.3 Å². The van der Waals surface area contributed by atoms with Crippen molar-refractivity contribution in [3.8, 4) is 0 Å². The zero-order valence-corrected chi connectivity index (χ0v) is 14.8. The number of nitrogens with one attached hydrogen (secondary N) is 2. The number of nitro groups is 1. The van der Waals surface area contributed by atoms with E-state index in [2.05, 4.69) is 15.8 Å². The van der Waals surface area contributed by atoms with E-state index in [4.69, 9.17) is 11.6 Å². The highest BCUT2D eigenvalue weighted by Gasteiger charge is 2.15. The van der Waals surface area contributed by atoms with Crippen molar-refractivity contribution in [1.82, 2.24) is 10.7 Å². The standard InChI is InChI=1S/C17H14ClFN4O4/c1-10-5-6-11(7-15(10)23(26)27)17(25)20-9-16(24)22-21-8-12-13(18)3-2-4-14(12)19/h2-8H,9H2,1H3,(H,20,25)(H,22,24)/b21-8+. The third kappa shape index (κ3) is 5.32. The van der Waals surface area contributed by atoms with E-state index in [1.165, 1.54) is 30.3 Å². The number of nitrogens with zero attached hydrogens (tertiary/aromatic N) is 2. The number of aryl methyl sites for hydroxylation is 1. The monoisotopic (exact) mass is 392 g/mol. The summed E-state index contributed by atoms with van der Waals surface area (Å²) < 4.78 is 13.5. The van der Waals surface area contributed by atoms with E-state index in [0.29, 0.717) is 5.56 Å². The van der Waals surface area contributed by atoms with Crippen LogP contribution in [0.2, 0.25) is 5.02 Å². The summed E-state index contributed by atoms with van der Waals surface area (Å²) in [5.74, 6) is -1.93. The fourth-order valence-corrected chi connectivity index (χ4v) is 2.26. The quantitative estimate of drug-likeness (QED) is 0.446. The molecule has 2 aromatic rings. The van der Waals surface area contributed by atoms with Crippen LogP contribution in [0.1, 0.15) is 21.5 Å². The van der Waals surface area contributed by atoms with Crippen LogP contribution in [0.4, 0.5) is 10.1 Å². The number of nitro benzene ring substituents is 1. The Morgan fingerprint density at radius 1 is 1.33 bits per heavy atom. The zero-order chi connectivity index (χ0) is 20.0. The molecule has 0 aliphatic rings. The average molecular weight is 393 g/mol. The summed E-state index contributed by atoms with van der Waals surface area (Å²) in [6, 6.07) is 8.06. The maximum absolute atomic E-state index is 13.5. The van der Waals surface area contributed by atoms with Crippen molar-refractivity contribution in [2.45, 2.75) is 6.92 Å². The first-order chi connectivity index (χ1) is 12.8. The van der Waals surface area contributed by atoms with E-state index >= 15 is 0 Å². The van der Waals surface area contributed by atoms with E-state index in [-0.39, 0.29) is 21.8 Å². The van der Waals surface area contributed by atoms with Crippen molar-refractivity contribution in [2.24, 2.45) is 5.10 Å². The molecule has 0 spiro atoms. The predicted octanol–water partition coefficient (Wildman–Crippen LogP) is 2.58. The molecule has 0 saturated heterocycles. The van der Waals surface area contributed by atoms with Crippen molar-refractivity contribution in [3.63, 3.8) is 0 Å². The first kappa shape index (κ1) is 20.0. The van der Waals surface area contributed by atoms with Gasteiger partial charge in [0.1, 0.15) is 5.82 Å². The molecule has 0 heterocycles. The number of halogens is 2. The van der Waals surface area contributed by atoms with Gasteiger partial charge in [0.2, 0.25) is 0 Å². The fraction of sp³-hybridized carbons (Fsp3) is 0.118. The number of amides is 2. The van der Waals surface area contributed by atoms with Crippen LogP contribution in [-0.4, -0.2) is 29.5 Å². The van der Waals surface area contributed by atoms with E-state index < -0.39 is 29.1 Å². The van der Waals surface area contributed by atoms with Crippen molar-refractivity contribution in [3.05, 3.63) is 74.0 Å². The van der Waals surface area contributed by atoms with Crippen molar-refractivity contribution in [1.29, 1.82) is 0 Å². The van der Waals surface area contributed by atoms with Gasteiger partial charge < -0.3 is 5.32 Å². The Kier molecular flexibility index (Phi) is 6.56. The Bertz CT molecular complexity index is 913. The zero-order valence-electron chi connectivity index (χ0n) is 14.0. The number of hydrazone groups is 1. The molecule has 2 rings (SSSR count). The number of rotatable bonds is 6. The lowest BCUT2D eigenvalue weighted by atomic mass is 10.1. The number of hydrogen-bond acceptors (Lipinski definition) is 5. The van der Waals surface area contributed by atoms with Gasteiger partial charge in [-0.1, -0.05) is 23.7 Å². The Morgan fingerprint density at radius 2 is 2.07 bits per heavy atom. The van der Waals surface area contributed by atoms with Gasteiger partial charge in [-0.05, 0) is 25.1 Å². The Balaban J connectivity index is 1.92. The third-order valence-corrected chi connectivity index (χ3v) is 3.79. The molecule has 0 radical (unpaired) electrons. The van der Waals surface area contributed by atoms with E-state index in [1.54, 1.807) is 6.92 Å². The topological polar surface area (TPSA) is 114 Å². The van der Waals surface area contributed by atoms with Gasteiger partial charge in [0.05, 0.1) is 22.7 Å². The minimum absolute atomic E-state index is 0.00969. The van der Waals surface area contributed by atoms with Crippen molar-refractivity contribution in [2.75, 3.05) is 6.54 Å². The summed E-state index contributed by atoms with van der Waals surface area (Å²) in [7, 11) is 0. The SMILES string of the molecule is Cc1ccc(C(=O)NCC(=O)N/N=C/c2c(F)cccc2Cl)cc1[N+](=O)[O-]. The van der Waals surface area contributed by atoms with Gasteiger partial charge in [-0.25, -0.2) is 9.82 Å². The molecular weight excluding hydrogens is 379 g/mol. The Labute approximate surface area is 158 Å². The summed E-state index contributed by atoms with van der Waals surface area (Å²) in [5, 5.41) is 16.9. The lowest BCUT2D eigenvalue weighted by Crippen LogP contribution is -2.35. The molecule has 0 fully saturated rings. The highest BCUT2D eigenvalue weighted by atomic mass is 35.5. The molecule has 0 aliphatic carbocycles. The summed E-state index contributed by atoms with van der Waals surface area (Å²) in [6.45, 7) is 1.12. The molecule has 27 heavy (non-hydrogen) atoms. The number of carbonyl (C=O) groups excluding carboxylic acids is 2. The van der Waals surface area contributed by atoms with Gasteiger partial charge in [0.15, 0.2) is 0 Å². The molecule has 0 unspecified atom stereocenters. The second-order valence-corrected chi connectivity index (χ2v) is 5.78. The van der Waals surface area contributed by atoms with Crippen LogP contribution in [0.25, 0.3) is 0 Å². The van der Waals surface area contributed by atoms with Gasteiger partial charge in [0, 0.05) is 22.8 Å². The minimum Gasteiger partial charge on any atom is -0.343 e. The summed E-state index contributed by atoms with van der Waals surface area (Å²) in [5.41, 5.74) is 2.38. The molecule has 2 aromatic carbocycles. The lowest BCUT2D eigenvalue weighted by molar-refractivity contribution is -0.385. The molecule has 0 aliphatic heterocycles. The number of benzene rings is 2. The van der Waals surface area contributed by atoms with Gasteiger partial charge in [0.25, 0.3) is 17.5 Å². The molecule has 0 bridgehead atoms. The van der Waals surface area contributed by atoms with Crippen LogP contribution in [-0.2, 0) is 4.79 Å². The first-order valence-corrected chi connectivity index (χ1v) is 7.96. The van der Waals surface area contributed by atoms with Crippen LogP contribution < -0.4 is 10.7 Å². The van der Waals surface area contributed by atoms with Crippen molar-refractivity contribution < 1.29 is 18.9 Å². The first-order valence-electron chi connectivity index (χ1n) is 7.58. The largest absolute Gasteiger partial charge is 0.343 e. The third-order valence-electron chi connectivity index (χ3n) is 3.46. The highest BCUT2D eigenvalue weighted by molar-refractivity contribution is 6.33. The van der Waals surface area contributed by atoms with Gasteiger partial charge >= 0.3 is 0 Å². The molecule has 0 aromatic heterocycles. The average Bonchev–Trinajstić information content (AvgIpc) is 2.62. The smallest absolute Gasteiger partial charge is 0.273 e. The summed E-state index contributed by atoms with van der Waals surface area (Å²) >= 11 is 5.81. The second-order valence-electron chi connectivity index (χ2n) is 5.37. The Hall–Kier alpha value is -3.33.